The molecule has 1 amide bonds. The second-order valence-electron chi connectivity index (χ2n) is 7.80. The fourth-order valence-corrected chi connectivity index (χ4v) is 5.53. The average molecular weight is 465 g/mol. The van der Waals surface area contributed by atoms with E-state index in [2.05, 4.69) is 5.32 Å². The summed E-state index contributed by atoms with van der Waals surface area (Å²) in [6.07, 6.45) is 2.81. The summed E-state index contributed by atoms with van der Waals surface area (Å²) in [4.78, 5) is 12.5. The van der Waals surface area contributed by atoms with Crippen molar-refractivity contribution in [2.45, 2.75) is 31.4 Å². The van der Waals surface area contributed by atoms with Crippen LogP contribution in [0.15, 0.2) is 48.5 Å². The number of carbonyl (C=O) groups excluding carboxylic acids is 1. The maximum Gasteiger partial charge on any atom is 0.223 e. The first kappa shape index (κ1) is 23.6. The minimum absolute atomic E-state index is 0.0154. The summed E-state index contributed by atoms with van der Waals surface area (Å²) in [5.41, 5.74) is 1.87. The molecule has 2 aromatic carbocycles. The van der Waals surface area contributed by atoms with Crippen LogP contribution in [0.1, 0.15) is 30.4 Å². The smallest absolute Gasteiger partial charge is 0.223 e. The number of carbonyl (C=O) groups is 1. The van der Waals surface area contributed by atoms with E-state index < -0.39 is 10.0 Å². The third kappa shape index (κ3) is 6.95. The SMILES string of the molecule is COc1ccc(CCCNC(=O)C2CCN(S(=O)(=O)Cc3cccc(Cl)c3)CC2)cc1. The van der Waals surface area contributed by atoms with Crippen LogP contribution in [0, 0.1) is 5.92 Å². The van der Waals surface area contributed by atoms with Gasteiger partial charge in [0.25, 0.3) is 0 Å². The minimum Gasteiger partial charge on any atom is -0.497 e. The molecule has 8 heteroatoms. The number of ether oxygens (including phenoxy) is 1. The normalized spacial score (nSPS) is 15.5. The number of sulfonamides is 1. The highest BCUT2D eigenvalue weighted by molar-refractivity contribution is 7.88. The average Bonchev–Trinajstić information content (AvgIpc) is 2.77. The number of nitrogens with one attached hydrogen (secondary N) is 1. The Morgan fingerprint density at radius 2 is 1.84 bits per heavy atom. The lowest BCUT2D eigenvalue weighted by Crippen LogP contribution is -2.43. The van der Waals surface area contributed by atoms with Crippen LogP contribution in [-0.2, 0) is 27.0 Å². The van der Waals surface area contributed by atoms with Crippen molar-refractivity contribution in [2.75, 3.05) is 26.7 Å². The number of hydrogen-bond donors (Lipinski definition) is 1. The summed E-state index contributed by atoms with van der Waals surface area (Å²) in [5, 5.41) is 3.52. The summed E-state index contributed by atoms with van der Waals surface area (Å²) >= 11 is 5.95. The van der Waals surface area contributed by atoms with Gasteiger partial charge in [-0.3, -0.25) is 4.79 Å². The molecule has 1 saturated heterocycles. The van der Waals surface area contributed by atoms with Gasteiger partial charge in [0.1, 0.15) is 5.75 Å². The lowest BCUT2D eigenvalue weighted by atomic mass is 9.97. The van der Waals surface area contributed by atoms with Crippen molar-refractivity contribution in [3.63, 3.8) is 0 Å². The molecule has 0 unspecified atom stereocenters. The van der Waals surface area contributed by atoms with Gasteiger partial charge in [-0.2, -0.15) is 0 Å². The van der Waals surface area contributed by atoms with Crippen LogP contribution < -0.4 is 10.1 Å². The first-order valence-electron chi connectivity index (χ1n) is 10.5. The van der Waals surface area contributed by atoms with Crippen LogP contribution in [0.25, 0.3) is 0 Å². The van der Waals surface area contributed by atoms with Gasteiger partial charge >= 0.3 is 0 Å². The molecule has 31 heavy (non-hydrogen) atoms. The van der Waals surface area contributed by atoms with Crippen LogP contribution in [0.4, 0.5) is 0 Å². The predicted molar refractivity (Wildman–Crippen MR) is 123 cm³/mol. The summed E-state index contributed by atoms with van der Waals surface area (Å²) in [6, 6.07) is 14.8. The van der Waals surface area contributed by atoms with Crippen molar-refractivity contribution in [2.24, 2.45) is 5.92 Å². The van der Waals surface area contributed by atoms with Crippen molar-refractivity contribution in [3.8, 4) is 5.75 Å². The van der Waals surface area contributed by atoms with E-state index in [9.17, 15) is 13.2 Å². The Morgan fingerprint density at radius 1 is 1.13 bits per heavy atom. The summed E-state index contributed by atoms with van der Waals surface area (Å²) < 4.78 is 32.0. The molecule has 1 aliphatic rings. The fourth-order valence-electron chi connectivity index (χ4n) is 3.77. The number of piperidine rings is 1. The Morgan fingerprint density at radius 3 is 2.48 bits per heavy atom. The molecule has 0 atom stereocenters. The second kappa shape index (κ2) is 11.0. The molecule has 6 nitrogen and oxygen atoms in total. The Labute approximate surface area is 189 Å². The van der Waals surface area contributed by atoms with E-state index in [0.29, 0.717) is 43.1 Å². The second-order valence-corrected chi connectivity index (χ2v) is 10.2. The number of halogens is 1. The number of rotatable bonds is 9. The van der Waals surface area contributed by atoms with Gasteiger partial charge in [-0.15, -0.1) is 0 Å². The van der Waals surface area contributed by atoms with Crippen LogP contribution in [-0.4, -0.2) is 45.4 Å². The lowest BCUT2D eigenvalue weighted by Gasteiger charge is -2.30. The predicted octanol–water partition coefficient (Wildman–Crippen LogP) is 3.64. The van der Waals surface area contributed by atoms with E-state index in [1.54, 1.807) is 31.4 Å². The fraction of sp³-hybridized carbons (Fsp3) is 0.435. The molecule has 1 heterocycles. The van der Waals surface area contributed by atoms with Gasteiger partial charge in [0.2, 0.25) is 15.9 Å². The molecule has 0 spiro atoms. The van der Waals surface area contributed by atoms with Crippen molar-refractivity contribution in [3.05, 3.63) is 64.7 Å². The zero-order valence-electron chi connectivity index (χ0n) is 17.7. The molecule has 1 N–H and O–H groups in total. The van der Waals surface area contributed by atoms with Crippen molar-refractivity contribution in [1.29, 1.82) is 0 Å². The Bertz CT molecular complexity index is 971. The highest BCUT2D eigenvalue weighted by atomic mass is 35.5. The number of nitrogens with zero attached hydrogens (tertiary/aromatic N) is 1. The van der Waals surface area contributed by atoms with Gasteiger partial charge in [0.15, 0.2) is 0 Å². The van der Waals surface area contributed by atoms with E-state index in [1.165, 1.54) is 9.87 Å². The van der Waals surface area contributed by atoms with Crippen molar-refractivity contribution in [1.82, 2.24) is 9.62 Å². The maximum atomic E-state index is 12.7. The van der Waals surface area contributed by atoms with Gasteiger partial charge in [-0.1, -0.05) is 35.9 Å². The Hall–Kier alpha value is -2.09. The molecule has 2 aromatic rings. The van der Waals surface area contributed by atoms with E-state index in [1.807, 2.05) is 24.3 Å². The van der Waals surface area contributed by atoms with Gasteiger partial charge in [-0.05, 0) is 61.1 Å². The highest BCUT2D eigenvalue weighted by Gasteiger charge is 2.31. The van der Waals surface area contributed by atoms with E-state index in [0.717, 1.165) is 18.6 Å². The first-order valence-corrected chi connectivity index (χ1v) is 12.5. The number of methoxy groups -OCH3 is 1. The largest absolute Gasteiger partial charge is 0.497 e. The highest BCUT2D eigenvalue weighted by Crippen LogP contribution is 2.23. The summed E-state index contributed by atoms with van der Waals surface area (Å²) in [7, 11) is -1.78. The number of hydrogen-bond acceptors (Lipinski definition) is 4. The molecule has 0 saturated carbocycles. The number of amides is 1. The maximum absolute atomic E-state index is 12.7. The third-order valence-corrected chi connectivity index (χ3v) is 7.64. The zero-order valence-corrected chi connectivity index (χ0v) is 19.3. The molecular formula is C23H29ClN2O4S. The molecular weight excluding hydrogens is 436 g/mol. The summed E-state index contributed by atoms with van der Waals surface area (Å²) in [6.45, 7) is 1.35. The molecule has 0 bridgehead atoms. The van der Waals surface area contributed by atoms with Crippen LogP contribution >= 0.6 is 11.6 Å². The third-order valence-electron chi connectivity index (χ3n) is 5.56. The molecule has 0 aliphatic carbocycles. The van der Waals surface area contributed by atoms with E-state index >= 15 is 0 Å². The van der Waals surface area contributed by atoms with Gasteiger partial charge in [0.05, 0.1) is 12.9 Å². The molecule has 0 radical (unpaired) electrons. The van der Waals surface area contributed by atoms with Crippen LogP contribution in [0.2, 0.25) is 5.02 Å². The Kier molecular flexibility index (Phi) is 8.35. The summed E-state index contributed by atoms with van der Waals surface area (Å²) in [5.74, 6) is 0.633. The molecule has 3 rings (SSSR count). The molecule has 0 aromatic heterocycles. The van der Waals surface area contributed by atoms with Gasteiger partial charge < -0.3 is 10.1 Å². The molecule has 168 valence electrons. The van der Waals surface area contributed by atoms with Crippen LogP contribution in [0.5, 0.6) is 5.75 Å². The standard InChI is InChI=1S/C23H29ClN2O4S/c1-30-22-9-7-18(8-10-22)5-3-13-25-23(27)20-11-14-26(15-12-20)31(28,29)17-19-4-2-6-21(24)16-19/h2,4,6-10,16,20H,3,5,11-15,17H2,1H3,(H,25,27). The quantitative estimate of drug-likeness (QED) is 0.575. The number of benzene rings is 2. The van der Waals surface area contributed by atoms with E-state index in [4.69, 9.17) is 16.3 Å². The van der Waals surface area contributed by atoms with Crippen molar-refractivity contribution < 1.29 is 17.9 Å². The minimum atomic E-state index is -3.42. The molecule has 1 aliphatic heterocycles. The van der Waals surface area contributed by atoms with Gasteiger partial charge in [-0.25, -0.2) is 12.7 Å². The van der Waals surface area contributed by atoms with Crippen LogP contribution in [0.3, 0.4) is 0 Å². The topological polar surface area (TPSA) is 75.7 Å². The van der Waals surface area contributed by atoms with E-state index in [-0.39, 0.29) is 17.6 Å². The van der Waals surface area contributed by atoms with Gasteiger partial charge in [0, 0.05) is 30.6 Å². The number of aryl methyl sites for hydroxylation is 1. The first-order chi connectivity index (χ1) is 14.9. The Balaban J connectivity index is 1.39. The monoisotopic (exact) mass is 464 g/mol. The van der Waals surface area contributed by atoms with Crippen molar-refractivity contribution >= 4 is 27.5 Å². The zero-order chi connectivity index (χ0) is 22.3. The lowest BCUT2D eigenvalue weighted by molar-refractivity contribution is -0.126. The molecule has 1 fully saturated rings.